The summed E-state index contributed by atoms with van der Waals surface area (Å²) in [4.78, 5) is 46.3. The van der Waals surface area contributed by atoms with Crippen LogP contribution < -0.4 is 10.4 Å². The number of benzene rings is 1. The molecule has 5 aliphatic rings. The molecule has 1 aromatic carbocycles. The Morgan fingerprint density at radius 3 is 2.48 bits per heavy atom. The molecule has 3 aliphatic carbocycles. The highest BCUT2D eigenvalue weighted by molar-refractivity contribution is 6.33. The first-order chi connectivity index (χ1) is 21.6. The summed E-state index contributed by atoms with van der Waals surface area (Å²) < 4.78 is 5.98. The number of anilines is 1. The van der Waals surface area contributed by atoms with Crippen molar-refractivity contribution in [3.8, 4) is 0 Å². The number of esters is 1. The first kappa shape index (κ1) is 33.2. The summed E-state index contributed by atoms with van der Waals surface area (Å²) >= 11 is 6.62. The molecule has 3 fully saturated rings. The Balaban J connectivity index is 1.52. The summed E-state index contributed by atoms with van der Waals surface area (Å²) in [6.07, 6.45) is 3.17. The molecule has 2 aliphatic heterocycles. The molecule has 1 saturated heterocycles. The second-order valence-electron chi connectivity index (χ2n) is 14.4. The minimum atomic E-state index is -1.98. The second kappa shape index (κ2) is 11.8. The lowest BCUT2D eigenvalue weighted by molar-refractivity contribution is -0.227. The molecule has 0 bridgehead atoms. The number of carbonyl (C=O) groups excluding carboxylic acids is 2. The SMILES string of the molecule is CC(=O)O[C@H]1C(C)=C[C@@H]2[C@H](C(C)CN(C(C)=O)C3CC3)CC[C@@H](C)[C@]2(O)C1[C@H]1[C@@H](C(=O)O)N[C@@H]2ON(C)c3c(Cl)cccc3[C@@]21O. The zero-order valence-electron chi connectivity index (χ0n) is 27.3. The van der Waals surface area contributed by atoms with Crippen LogP contribution in [0.2, 0.25) is 5.02 Å². The number of carboxylic acids is 1. The van der Waals surface area contributed by atoms with Gasteiger partial charge in [0, 0.05) is 56.8 Å². The third-order valence-electron chi connectivity index (χ3n) is 11.6. The summed E-state index contributed by atoms with van der Waals surface area (Å²) in [6, 6.07) is 3.92. The molecule has 0 spiro atoms. The molecule has 6 rings (SSSR count). The lowest BCUT2D eigenvalue weighted by Gasteiger charge is -2.60. The van der Waals surface area contributed by atoms with Crippen molar-refractivity contribution >= 4 is 35.1 Å². The first-order valence-corrected chi connectivity index (χ1v) is 16.8. The van der Waals surface area contributed by atoms with Crippen LogP contribution in [-0.4, -0.2) is 81.7 Å². The van der Waals surface area contributed by atoms with Crippen LogP contribution in [0.5, 0.6) is 0 Å². The van der Waals surface area contributed by atoms with Gasteiger partial charge in [-0.15, -0.1) is 0 Å². The van der Waals surface area contributed by atoms with Crippen molar-refractivity contribution in [1.82, 2.24) is 10.2 Å². The van der Waals surface area contributed by atoms with Gasteiger partial charge in [-0.1, -0.05) is 43.7 Å². The van der Waals surface area contributed by atoms with Crippen molar-refractivity contribution in [1.29, 1.82) is 0 Å². The maximum absolute atomic E-state index is 13.3. The zero-order chi connectivity index (χ0) is 33.5. The van der Waals surface area contributed by atoms with Gasteiger partial charge in [-0.05, 0) is 62.0 Å². The summed E-state index contributed by atoms with van der Waals surface area (Å²) in [5, 5.41) is 41.6. The lowest BCUT2D eigenvalue weighted by Crippen LogP contribution is -2.67. The number of hydrogen-bond acceptors (Lipinski definition) is 9. The molecular weight excluding hydrogens is 614 g/mol. The van der Waals surface area contributed by atoms with Crippen LogP contribution in [0, 0.1) is 35.5 Å². The van der Waals surface area contributed by atoms with E-state index >= 15 is 0 Å². The predicted molar refractivity (Wildman–Crippen MR) is 169 cm³/mol. The largest absolute Gasteiger partial charge is 0.480 e. The molecule has 4 N–H and O–H groups in total. The molecule has 12 heteroatoms. The number of carbonyl (C=O) groups is 3. The van der Waals surface area contributed by atoms with Crippen LogP contribution in [0.1, 0.15) is 65.9 Å². The van der Waals surface area contributed by atoms with Gasteiger partial charge >= 0.3 is 11.9 Å². The van der Waals surface area contributed by atoms with Crippen LogP contribution in [-0.2, 0) is 29.6 Å². The minimum absolute atomic E-state index is 0.0162. The minimum Gasteiger partial charge on any atom is -0.480 e. The summed E-state index contributed by atoms with van der Waals surface area (Å²) in [5.41, 5.74) is -2.13. The van der Waals surface area contributed by atoms with Crippen molar-refractivity contribution < 1.29 is 39.3 Å². The number of rotatable bonds is 7. The van der Waals surface area contributed by atoms with Crippen molar-refractivity contribution in [3.05, 3.63) is 40.4 Å². The third-order valence-corrected chi connectivity index (χ3v) is 11.9. The van der Waals surface area contributed by atoms with E-state index in [0.29, 0.717) is 34.8 Å². The van der Waals surface area contributed by atoms with Crippen LogP contribution in [0.25, 0.3) is 0 Å². The van der Waals surface area contributed by atoms with Gasteiger partial charge in [0.05, 0.1) is 16.3 Å². The van der Waals surface area contributed by atoms with Crippen molar-refractivity contribution in [2.45, 2.75) is 95.9 Å². The smallest absolute Gasteiger partial charge is 0.321 e. The average molecular weight is 660 g/mol. The highest BCUT2D eigenvalue weighted by atomic mass is 35.5. The average Bonchev–Trinajstić information content (AvgIpc) is 3.77. The van der Waals surface area contributed by atoms with E-state index in [9.17, 15) is 29.7 Å². The highest BCUT2D eigenvalue weighted by Gasteiger charge is 2.71. The summed E-state index contributed by atoms with van der Waals surface area (Å²) in [5.74, 6) is -4.88. The van der Waals surface area contributed by atoms with Crippen molar-refractivity contribution in [2.24, 2.45) is 35.5 Å². The fourth-order valence-electron chi connectivity index (χ4n) is 9.39. The monoisotopic (exact) mass is 659 g/mol. The number of nitrogens with zero attached hydrogens (tertiary/aromatic N) is 2. The molecule has 252 valence electrons. The molecular formula is C34H46ClN3O8. The molecule has 2 saturated carbocycles. The maximum atomic E-state index is 13.3. The molecule has 11 nitrogen and oxygen atoms in total. The Kier molecular flexibility index (Phi) is 8.50. The van der Waals surface area contributed by atoms with Gasteiger partial charge in [0.25, 0.3) is 0 Å². The van der Waals surface area contributed by atoms with Gasteiger partial charge in [-0.2, -0.15) is 0 Å². The van der Waals surface area contributed by atoms with Crippen LogP contribution in [0.4, 0.5) is 5.69 Å². The number of amides is 1. The number of hydrogen-bond donors (Lipinski definition) is 4. The number of para-hydroxylation sites is 1. The summed E-state index contributed by atoms with van der Waals surface area (Å²) in [6.45, 7) is 9.33. The predicted octanol–water partition coefficient (Wildman–Crippen LogP) is 3.46. The molecule has 1 amide bonds. The van der Waals surface area contributed by atoms with E-state index in [4.69, 9.17) is 21.2 Å². The number of carboxylic acid groups (broad SMARTS) is 1. The molecule has 1 aromatic rings. The van der Waals surface area contributed by atoms with Crippen molar-refractivity contribution in [2.75, 3.05) is 18.7 Å². The number of halogens is 1. The van der Waals surface area contributed by atoms with Gasteiger partial charge in [0.1, 0.15) is 17.7 Å². The van der Waals surface area contributed by atoms with Crippen molar-refractivity contribution in [3.63, 3.8) is 0 Å². The Bertz CT molecular complexity index is 1450. The Morgan fingerprint density at radius 1 is 1.17 bits per heavy atom. The Morgan fingerprint density at radius 2 is 1.87 bits per heavy atom. The second-order valence-corrected chi connectivity index (χ2v) is 14.8. The molecule has 2 heterocycles. The quantitative estimate of drug-likeness (QED) is 0.253. The third kappa shape index (κ3) is 5.05. The number of aliphatic hydroxyl groups is 2. The topological polar surface area (TPSA) is 149 Å². The number of hydroxylamine groups is 1. The van der Waals surface area contributed by atoms with E-state index in [-0.39, 0.29) is 29.7 Å². The Hall–Kier alpha value is -2.70. The van der Waals surface area contributed by atoms with E-state index in [1.807, 2.05) is 24.8 Å². The number of ether oxygens (including phenoxy) is 1. The van der Waals surface area contributed by atoms with Gasteiger partial charge in [-0.25, -0.2) is 0 Å². The maximum Gasteiger partial charge on any atom is 0.321 e. The van der Waals surface area contributed by atoms with Gasteiger partial charge in [0.2, 0.25) is 5.91 Å². The van der Waals surface area contributed by atoms with E-state index in [0.717, 1.165) is 19.3 Å². The van der Waals surface area contributed by atoms with E-state index in [1.165, 1.54) is 12.0 Å². The van der Waals surface area contributed by atoms with Gasteiger partial charge < -0.3 is 25.0 Å². The number of nitrogens with one attached hydrogen (secondary N) is 1. The fourth-order valence-corrected chi connectivity index (χ4v) is 9.69. The normalized spacial score (nSPS) is 39.0. The molecule has 0 aromatic heterocycles. The number of aliphatic carboxylic acids is 1. The lowest BCUT2D eigenvalue weighted by atomic mass is 9.49. The van der Waals surface area contributed by atoms with E-state index in [1.54, 1.807) is 32.2 Å². The molecule has 11 atom stereocenters. The van der Waals surface area contributed by atoms with Crippen LogP contribution in [0.3, 0.4) is 0 Å². The number of fused-ring (bicyclic) bond motifs is 4. The highest BCUT2D eigenvalue weighted by Crippen LogP contribution is 2.61. The van der Waals surface area contributed by atoms with E-state index < -0.39 is 59.3 Å². The van der Waals surface area contributed by atoms with Gasteiger partial charge in [0.15, 0.2) is 6.23 Å². The van der Waals surface area contributed by atoms with Crippen LogP contribution >= 0.6 is 11.6 Å². The molecule has 2 unspecified atom stereocenters. The van der Waals surface area contributed by atoms with Crippen LogP contribution in [0.15, 0.2) is 29.8 Å². The summed E-state index contributed by atoms with van der Waals surface area (Å²) in [7, 11) is 1.63. The van der Waals surface area contributed by atoms with E-state index in [2.05, 4.69) is 12.2 Å². The zero-order valence-corrected chi connectivity index (χ0v) is 28.0. The fraction of sp³-hybridized carbons (Fsp3) is 0.676. The molecule has 0 radical (unpaired) electrons. The Labute approximate surface area is 274 Å². The molecule has 46 heavy (non-hydrogen) atoms. The first-order valence-electron chi connectivity index (χ1n) is 16.4. The standard InChI is InChI=1S/C34H46ClN3O8/c1-16-14-24-22(17(2)15-38(19(4)39)21-11-12-21)13-10-18(3)33(24,43)27(30(16)45-20(5)40)26-28(31(41)42)36-32-34(26,44)23-8-7-9-25(35)29(23)37(6)46-32/h7-9,14,17-18,21-22,24,26-28,30,32,36,43-44H,10-13,15H2,1-6H3,(H,41,42)/t17?,18-,22+,24-,26+,27?,28+,30+,32-,33-,34+/m1/s1. The van der Waals surface area contributed by atoms with Gasteiger partial charge in [-0.3, -0.25) is 29.6 Å².